The van der Waals surface area contributed by atoms with Crippen molar-refractivity contribution in [3.8, 4) is 0 Å². The summed E-state index contributed by atoms with van der Waals surface area (Å²) in [5, 5.41) is 0. The number of hydrogen-bond acceptors (Lipinski definition) is 1. The summed E-state index contributed by atoms with van der Waals surface area (Å²) in [6.07, 6.45) is 5.89. The minimum atomic E-state index is 0.762. The minimum Gasteiger partial charge on any atom is -0.398 e. The molecule has 0 radical (unpaired) electrons. The lowest BCUT2D eigenvalue weighted by Gasteiger charge is -2.19. The molecule has 0 spiro atoms. The summed E-state index contributed by atoms with van der Waals surface area (Å²) < 4.78 is 0. The van der Waals surface area contributed by atoms with Crippen molar-refractivity contribution in [2.75, 3.05) is 0 Å². The van der Waals surface area contributed by atoms with Gasteiger partial charge in [0.15, 0.2) is 0 Å². The average molecular weight is 171 g/mol. The number of aryl methyl sites for hydroxylation is 1. The highest BCUT2D eigenvalue weighted by Crippen LogP contribution is 2.42. The smallest absolute Gasteiger partial charge is 0.0350 e. The van der Waals surface area contributed by atoms with Gasteiger partial charge in [-0.05, 0) is 36.3 Å². The van der Waals surface area contributed by atoms with Crippen LogP contribution in [0.3, 0.4) is 0 Å². The fraction of sp³-hybridized carbons (Fsp3) is 0.333. The number of hydrogen-bond donors (Lipinski definition) is 1. The summed E-state index contributed by atoms with van der Waals surface area (Å²) in [6, 6.07) is 6.53. The molecule has 1 heteroatoms. The van der Waals surface area contributed by atoms with E-state index in [0.717, 1.165) is 18.0 Å². The number of benzene rings is 1. The molecule has 3 rings (SSSR count). The Morgan fingerprint density at radius 2 is 2.23 bits per heavy atom. The first-order valence-corrected chi connectivity index (χ1v) is 4.94. The van der Waals surface area contributed by atoms with Crippen molar-refractivity contribution in [3.63, 3.8) is 0 Å². The second-order valence-electron chi connectivity index (χ2n) is 4.01. The Bertz CT molecular complexity index is 390. The molecule has 2 aliphatic carbocycles. The van der Waals surface area contributed by atoms with Crippen molar-refractivity contribution in [1.82, 2.24) is 0 Å². The van der Waals surface area contributed by atoms with E-state index in [4.69, 9.17) is 5.73 Å². The van der Waals surface area contributed by atoms with E-state index in [-0.39, 0.29) is 0 Å². The molecule has 2 aliphatic rings. The third kappa shape index (κ3) is 0.873. The molecule has 1 aromatic carbocycles. The van der Waals surface area contributed by atoms with Gasteiger partial charge >= 0.3 is 0 Å². The molecule has 0 aliphatic heterocycles. The van der Waals surface area contributed by atoms with Crippen molar-refractivity contribution in [3.05, 3.63) is 41.0 Å². The first-order valence-electron chi connectivity index (χ1n) is 4.94. The van der Waals surface area contributed by atoms with E-state index in [2.05, 4.69) is 24.3 Å². The van der Waals surface area contributed by atoms with Crippen molar-refractivity contribution >= 4 is 5.70 Å². The van der Waals surface area contributed by atoms with Gasteiger partial charge in [0, 0.05) is 11.3 Å². The largest absolute Gasteiger partial charge is 0.398 e. The predicted octanol–water partition coefficient (Wildman–Crippen LogP) is 2.42. The van der Waals surface area contributed by atoms with Gasteiger partial charge in [0.2, 0.25) is 0 Å². The molecule has 0 saturated carbocycles. The quantitative estimate of drug-likeness (QED) is 0.637. The molecule has 0 bridgehead atoms. The third-order valence-corrected chi connectivity index (χ3v) is 3.30. The number of allylic oxidation sites excluding steroid dienone is 1. The van der Waals surface area contributed by atoms with E-state index in [9.17, 15) is 0 Å². The molecule has 1 aromatic rings. The molecule has 0 heterocycles. The lowest BCUT2D eigenvalue weighted by atomic mass is 9.87. The van der Waals surface area contributed by atoms with Crippen LogP contribution < -0.4 is 5.73 Å². The van der Waals surface area contributed by atoms with Gasteiger partial charge in [-0.2, -0.15) is 0 Å². The van der Waals surface area contributed by atoms with Crippen LogP contribution in [0.15, 0.2) is 24.3 Å². The molecular formula is C12H13N. The van der Waals surface area contributed by atoms with Crippen LogP contribution in [0, 0.1) is 0 Å². The Kier molecular flexibility index (Phi) is 1.32. The van der Waals surface area contributed by atoms with Crippen LogP contribution in [0.5, 0.6) is 0 Å². The summed E-state index contributed by atoms with van der Waals surface area (Å²) in [6.45, 7) is 0. The van der Waals surface area contributed by atoms with Gasteiger partial charge in [0.05, 0.1) is 0 Å². The fourth-order valence-electron chi connectivity index (χ4n) is 2.65. The monoisotopic (exact) mass is 171 g/mol. The maximum absolute atomic E-state index is 5.97. The topological polar surface area (TPSA) is 26.0 Å². The second kappa shape index (κ2) is 2.38. The van der Waals surface area contributed by atoms with Gasteiger partial charge < -0.3 is 5.73 Å². The zero-order valence-electron chi connectivity index (χ0n) is 7.59. The first-order chi connectivity index (χ1) is 6.36. The lowest BCUT2D eigenvalue weighted by molar-refractivity contribution is 0.681. The van der Waals surface area contributed by atoms with Crippen molar-refractivity contribution in [1.29, 1.82) is 0 Å². The molecule has 13 heavy (non-hydrogen) atoms. The molecule has 0 aromatic heterocycles. The molecule has 1 atom stereocenters. The molecule has 66 valence electrons. The van der Waals surface area contributed by atoms with Crippen LogP contribution in [0.1, 0.15) is 35.4 Å². The van der Waals surface area contributed by atoms with Crippen LogP contribution in [-0.2, 0) is 6.42 Å². The Balaban J connectivity index is 2.30. The summed E-state index contributed by atoms with van der Waals surface area (Å²) in [4.78, 5) is 0. The third-order valence-electron chi connectivity index (χ3n) is 3.30. The molecule has 0 saturated heterocycles. The minimum absolute atomic E-state index is 0.762. The number of rotatable bonds is 0. The van der Waals surface area contributed by atoms with Gasteiger partial charge in [-0.3, -0.25) is 0 Å². The maximum Gasteiger partial charge on any atom is 0.0350 e. The normalized spacial score (nSPS) is 24.0. The summed E-state index contributed by atoms with van der Waals surface area (Å²) >= 11 is 0. The first kappa shape index (κ1) is 7.19. The van der Waals surface area contributed by atoms with Crippen LogP contribution in [0.4, 0.5) is 0 Å². The Morgan fingerprint density at radius 1 is 1.31 bits per heavy atom. The van der Waals surface area contributed by atoms with E-state index >= 15 is 0 Å². The second-order valence-corrected chi connectivity index (χ2v) is 4.01. The molecule has 0 amide bonds. The van der Waals surface area contributed by atoms with Crippen LogP contribution >= 0.6 is 0 Å². The van der Waals surface area contributed by atoms with Gasteiger partial charge in [-0.25, -0.2) is 0 Å². The molecule has 2 N–H and O–H groups in total. The zero-order valence-corrected chi connectivity index (χ0v) is 7.59. The lowest BCUT2D eigenvalue weighted by Crippen LogP contribution is -2.08. The standard InChI is InChI=1S/C12H13N/c13-11-7-6-9-5-4-8-2-1-3-10(11)12(8)9/h1-3,7,9H,4-6,13H2. The Labute approximate surface area is 78.3 Å². The van der Waals surface area contributed by atoms with Crippen molar-refractivity contribution in [2.45, 2.75) is 25.2 Å². The highest BCUT2D eigenvalue weighted by molar-refractivity contribution is 5.70. The average Bonchev–Trinajstić information content (AvgIpc) is 2.57. The molecular weight excluding hydrogens is 158 g/mol. The van der Waals surface area contributed by atoms with Gasteiger partial charge in [0.1, 0.15) is 0 Å². The Hall–Kier alpha value is -1.24. The van der Waals surface area contributed by atoms with E-state index < -0.39 is 0 Å². The van der Waals surface area contributed by atoms with Crippen LogP contribution in [0.2, 0.25) is 0 Å². The SMILES string of the molecule is NC1=CCC2CCc3cccc1c32. The number of nitrogens with two attached hydrogens (primary N) is 1. The van der Waals surface area contributed by atoms with E-state index in [1.807, 2.05) is 0 Å². The van der Waals surface area contributed by atoms with Gasteiger partial charge in [-0.15, -0.1) is 0 Å². The summed E-state index contributed by atoms with van der Waals surface area (Å²) in [5.41, 5.74) is 11.3. The van der Waals surface area contributed by atoms with E-state index in [1.54, 1.807) is 5.56 Å². The van der Waals surface area contributed by atoms with Crippen molar-refractivity contribution < 1.29 is 0 Å². The summed E-state index contributed by atoms with van der Waals surface area (Å²) in [7, 11) is 0. The van der Waals surface area contributed by atoms with E-state index in [1.165, 1.54) is 24.0 Å². The highest BCUT2D eigenvalue weighted by Gasteiger charge is 2.27. The van der Waals surface area contributed by atoms with Crippen LogP contribution in [-0.4, -0.2) is 0 Å². The zero-order chi connectivity index (χ0) is 8.84. The Morgan fingerprint density at radius 3 is 3.15 bits per heavy atom. The predicted molar refractivity (Wildman–Crippen MR) is 54.3 cm³/mol. The fourth-order valence-corrected chi connectivity index (χ4v) is 2.65. The van der Waals surface area contributed by atoms with Crippen molar-refractivity contribution in [2.24, 2.45) is 5.73 Å². The van der Waals surface area contributed by atoms with E-state index in [0.29, 0.717) is 0 Å². The highest BCUT2D eigenvalue weighted by atomic mass is 14.6. The molecule has 1 unspecified atom stereocenters. The molecule has 1 nitrogen and oxygen atoms in total. The van der Waals surface area contributed by atoms with Crippen LogP contribution in [0.25, 0.3) is 5.70 Å². The van der Waals surface area contributed by atoms with Gasteiger partial charge in [0.25, 0.3) is 0 Å². The van der Waals surface area contributed by atoms with Gasteiger partial charge in [-0.1, -0.05) is 24.3 Å². The maximum atomic E-state index is 5.97. The molecule has 0 fully saturated rings. The summed E-state index contributed by atoms with van der Waals surface area (Å²) in [5.74, 6) is 0.762.